The lowest BCUT2D eigenvalue weighted by molar-refractivity contribution is 0.447. The Kier molecular flexibility index (Phi) is 8.47. The summed E-state index contributed by atoms with van der Waals surface area (Å²) in [6.45, 7) is 0. The van der Waals surface area contributed by atoms with Crippen LogP contribution in [0, 0.1) is 0 Å². The molecule has 11 aromatic rings. The first-order valence-electron chi connectivity index (χ1n) is 22.4. The summed E-state index contributed by atoms with van der Waals surface area (Å²) in [5.74, 6) is 1.87. The van der Waals surface area contributed by atoms with Gasteiger partial charge in [0.2, 0.25) is 0 Å². The fourth-order valence-electron chi connectivity index (χ4n) is 10.7. The molecule has 0 radical (unpaired) electrons. The summed E-state index contributed by atoms with van der Waals surface area (Å²) in [6, 6.07) is 90.5. The molecule has 0 saturated heterocycles. The van der Waals surface area contributed by atoms with Crippen LogP contribution < -0.4 is 9.64 Å². The molecule has 0 bridgehead atoms. The van der Waals surface area contributed by atoms with Crippen molar-refractivity contribution >= 4 is 38.6 Å². The molecule has 0 atom stereocenters. The Morgan fingerprint density at radius 3 is 1.18 bits per heavy atom. The number of hydrogen-bond donors (Lipinski definition) is 0. The highest BCUT2D eigenvalue weighted by Gasteiger charge is 2.51. The molecule has 0 fully saturated rings. The smallest absolute Gasteiger partial charge is 0.140 e. The standard InChI is InChI=1S/C63H41NO/c1-3-13-42(14-4-1)44-23-32-50(33-24-44)64(51-34-25-45(26-35-51)43-15-5-2-6-16-43)52-36-27-46(28-37-52)49-31-38-58-56(41-49)55-21-11-12-22-57(55)63(58)59-39-29-47-17-7-9-19-53(47)61(59)65-62-54-20-10-8-18-48(54)30-40-60(62)63/h1-41H. The number of fused-ring (bicyclic) bond motifs is 13. The number of benzene rings is 11. The van der Waals surface area contributed by atoms with E-state index in [0.717, 1.165) is 39.3 Å². The molecule has 0 saturated carbocycles. The van der Waals surface area contributed by atoms with Crippen LogP contribution in [0.1, 0.15) is 22.3 Å². The average molecular weight is 828 g/mol. The van der Waals surface area contributed by atoms with Gasteiger partial charge in [-0.3, -0.25) is 0 Å². The Hall–Kier alpha value is -8.46. The fourth-order valence-corrected chi connectivity index (χ4v) is 10.7. The predicted molar refractivity (Wildman–Crippen MR) is 270 cm³/mol. The van der Waals surface area contributed by atoms with E-state index < -0.39 is 5.41 Å². The number of nitrogens with zero attached hydrogens (tertiary/aromatic N) is 1. The molecule has 2 nitrogen and oxygen atoms in total. The second-order valence-corrected chi connectivity index (χ2v) is 17.2. The van der Waals surface area contributed by atoms with Crippen LogP contribution in [0.25, 0.3) is 66.1 Å². The van der Waals surface area contributed by atoms with Crippen LogP contribution in [0.15, 0.2) is 249 Å². The van der Waals surface area contributed by atoms with Crippen LogP contribution in [-0.4, -0.2) is 0 Å². The molecule has 2 heteroatoms. The summed E-state index contributed by atoms with van der Waals surface area (Å²) in [6.07, 6.45) is 0. The van der Waals surface area contributed by atoms with Gasteiger partial charge in [-0.25, -0.2) is 0 Å². The highest BCUT2D eigenvalue weighted by atomic mass is 16.5. The number of anilines is 3. The van der Waals surface area contributed by atoms with Gasteiger partial charge in [-0.2, -0.15) is 0 Å². The minimum atomic E-state index is -0.572. The molecule has 0 aromatic heterocycles. The van der Waals surface area contributed by atoms with Crippen LogP contribution >= 0.6 is 0 Å². The Morgan fingerprint density at radius 2 is 0.662 bits per heavy atom. The third-order valence-corrected chi connectivity index (χ3v) is 13.7. The summed E-state index contributed by atoms with van der Waals surface area (Å²) in [5.41, 5.74) is 17.3. The maximum absolute atomic E-state index is 7.16. The quantitative estimate of drug-likeness (QED) is 0.166. The summed E-state index contributed by atoms with van der Waals surface area (Å²) in [5, 5.41) is 4.59. The van der Waals surface area contributed by atoms with Crippen molar-refractivity contribution in [2.45, 2.75) is 5.41 Å². The van der Waals surface area contributed by atoms with Crippen molar-refractivity contribution in [3.05, 3.63) is 271 Å². The average Bonchev–Trinajstić information content (AvgIpc) is 3.67. The monoisotopic (exact) mass is 827 g/mol. The van der Waals surface area contributed by atoms with Gasteiger partial charge in [-0.1, -0.05) is 206 Å². The highest BCUT2D eigenvalue weighted by molar-refractivity contribution is 6.00. The number of hydrogen-bond acceptors (Lipinski definition) is 2. The van der Waals surface area contributed by atoms with Gasteiger partial charge in [0, 0.05) is 39.0 Å². The van der Waals surface area contributed by atoms with E-state index in [4.69, 9.17) is 4.74 Å². The molecule has 13 rings (SSSR count). The van der Waals surface area contributed by atoms with Crippen molar-refractivity contribution in [3.63, 3.8) is 0 Å². The molecule has 65 heavy (non-hydrogen) atoms. The van der Waals surface area contributed by atoms with Crippen LogP contribution in [0.4, 0.5) is 17.1 Å². The van der Waals surface area contributed by atoms with Gasteiger partial charge in [0.25, 0.3) is 0 Å². The maximum atomic E-state index is 7.16. The topological polar surface area (TPSA) is 12.5 Å². The first-order valence-corrected chi connectivity index (χ1v) is 22.4. The molecule has 2 aliphatic rings. The molecule has 0 N–H and O–H groups in total. The first kappa shape index (κ1) is 37.1. The molecule has 1 aliphatic heterocycles. The molecule has 1 spiro atoms. The molecule has 0 amide bonds. The minimum Gasteiger partial charge on any atom is -0.455 e. The van der Waals surface area contributed by atoms with E-state index >= 15 is 0 Å². The van der Waals surface area contributed by atoms with Crippen molar-refractivity contribution in [3.8, 4) is 56.0 Å². The Balaban J connectivity index is 0.936. The van der Waals surface area contributed by atoms with Gasteiger partial charge in [-0.15, -0.1) is 0 Å². The third kappa shape index (κ3) is 5.81. The zero-order chi connectivity index (χ0) is 42.9. The zero-order valence-corrected chi connectivity index (χ0v) is 35.5. The van der Waals surface area contributed by atoms with Crippen molar-refractivity contribution in [1.82, 2.24) is 0 Å². The molecule has 1 aliphatic carbocycles. The minimum absolute atomic E-state index is 0.572. The molecular formula is C63H41NO. The first-order chi connectivity index (χ1) is 32.2. The predicted octanol–water partition coefficient (Wildman–Crippen LogP) is 16.9. The molecular weight excluding hydrogens is 787 g/mol. The fraction of sp³-hybridized carbons (Fsp3) is 0.0159. The maximum Gasteiger partial charge on any atom is 0.140 e. The summed E-state index contributed by atoms with van der Waals surface area (Å²) >= 11 is 0. The van der Waals surface area contributed by atoms with Crippen molar-refractivity contribution in [2.24, 2.45) is 0 Å². The van der Waals surface area contributed by atoms with E-state index in [2.05, 4.69) is 254 Å². The summed E-state index contributed by atoms with van der Waals surface area (Å²) in [4.78, 5) is 2.35. The van der Waals surface area contributed by atoms with Gasteiger partial charge in [0.1, 0.15) is 11.5 Å². The SMILES string of the molecule is c1ccc(-c2ccc(N(c3ccc(-c4ccccc4)cc3)c3ccc(-c4ccc5c(c4)-c4ccccc4C54c5ccc6ccccc6c5Oc5c4ccc4ccccc54)cc3)cc2)cc1. The van der Waals surface area contributed by atoms with E-state index in [0.29, 0.717) is 0 Å². The number of rotatable bonds is 6. The molecule has 11 aromatic carbocycles. The highest BCUT2D eigenvalue weighted by Crippen LogP contribution is 2.64. The lowest BCUT2D eigenvalue weighted by atomic mass is 9.65. The molecule has 304 valence electrons. The van der Waals surface area contributed by atoms with Crippen LogP contribution in [0.5, 0.6) is 11.5 Å². The summed E-state index contributed by atoms with van der Waals surface area (Å²) < 4.78 is 7.16. The van der Waals surface area contributed by atoms with Gasteiger partial charge in [0.15, 0.2) is 0 Å². The lowest BCUT2D eigenvalue weighted by Crippen LogP contribution is -2.32. The normalized spacial score (nSPS) is 12.9. The van der Waals surface area contributed by atoms with E-state index in [1.165, 1.54) is 77.5 Å². The van der Waals surface area contributed by atoms with Gasteiger partial charge < -0.3 is 9.64 Å². The van der Waals surface area contributed by atoms with Crippen LogP contribution in [0.3, 0.4) is 0 Å². The zero-order valence-electron chi connectivity index (χ0n) is 35.5. The molecule has 0 unspecified atom stereocenters. The second kappa shape index (κ2) is 14.8. The van der Waals surface area contributed by atoms with E-state index in [9.17, 15) is 0 Å². The van der Waals surface area contributed by atoms with E-state index in [1.54, 1.807) is 0 Å². The largest absolute Gasteiger partial charge is 0.455 e. The van der Waals surface area contributed by atoms with Crippen molar-refractivity contribution in [2.75, 3.05) is 4.90 Å². The molecule has 1 heterocycles. The van der Waals surface area contributed by atoms with Gasteiger partial charge in [0.05, 0.1) is 5.41 Å². The van der Waals surface area contributed by atoms with Gasteiger partial charge in [-0.05, 0) is 109 Å². The van der Waals surface area contributed by atoms with Crippen LogP contribution in [-0.2, 0) is 5.41 Å². The van der Waals surface area contributed by atoms with E-state index in [-0.39, 0.29) is 0 Å². The Labute approximate surface area is 378 Å². The summed E-state index contributed by atoms with van der Waals surface area (Å²) in [7, 11) is 0. The Bertz CT molecular complexity index is 3430. The van der Waals surface area contributed by atoms with Crippen molar-refractivity contribution < 1.29 is 4.74 Å². The second-order valence-electron chi connectivity index (χ2n) is 17.2. The third-order valence-electron chi connectivity index (χ3n) is 13.7. The van der Waals surface area contributed by atoms with E-state index in [1.807, 2.05) is 0 Å². The number of ether oxygens (including phenoxy) is 1. The van der Waals surface area contributed by atoms with Crippen molar-refractivity contribution in [1.29, 1.82) is 0 Å². The Morgan fingerprint density at radius 1 is 0.277 bits per heavy atom. The lowest BCUT2D eigenvalue weighted by Gasteiger charge is -2.40. The van der Waals surface area contributed by atoms with Crippen LogP contribution in [0.2, 0.25) is 0 Å². The van der Waals surface area contributed by atoms with Gasteiger partial charge >= 0.3 is 0 Å².